The highest BCUT2D eigenvalue weighted by molar-refractivity contribution is 6.34. The molecule has 2 heterocycles. The second-order valence-electron chi connectivity index (χ2n) is 7.54. The molecule has 7 heteroatoms. The van der Waals surface area contributed by atoms with Gasteiger partial charge in [-0.05, 0) is 68.8 Å². The Labute approximate surface area is 181 Å². The molecule has 1 saturated heterocycles. The monoisotopic (exact) mass is 427 g/mol. The number of methoxy groups -OCH3 is 1. The first kappa shape index (κ1) is 20.7. The fourth-order valence-electron chi connectivity index (χ4n) is 3.95. The number of esters is 1. The van der Waals surface area contributed by atoms with E-state index in [2.05, 4.69) is 10.00 Å². The number of rotatable bonds is 8. The summed E-state index contributed by atoms with van der Waals surface area (Å²) in [6.45, 7) is 2.59. The molecule has 1 aliphatic rings. The van der Waals surface area contributed by atoms with Crippen molar-refractivity contribution < 1.29 is 14.3 Å². The Balaban J connectivity index is 1.34. The van der Waals surface area contributed by atoms with Gasteiger partial charge in [-0.1, -0.05) is 23.7 Å². The smallest absolute Gasteiger partial charge is 0.305 e. The van der Waals surface area contributed by atoms with Crippen molar-refractivity contribution in [2.24, 2.45) is 0 Å². The minimum Gasteiger partial charge on any atom is -0.492 e. The van der Waals surface area contributed by atoms with Crippen LogP contribution in [-0.4, -0.2) is 53.5 Å². The third-order valence-electron chi connectivity index (χ3n) is 5.60. The number of likely N-dealkylation sites (tertiary alicyclic amines) is 1. The molecule has 1 aliphatic heterocycles. The first-order valence-corrected chi connectivity index (χ1v) is 10.7. The maximum atomic E-state index is 11.3. The summed E-state index contributed by atoms with van der Waals surface area (Å²) in [5.41, 5.74) is 1.77. The van der Waals surface area contributed by atoms with Crippen molar-refractivity contribution in [1.82, 2.24) is 14.7 Å². The van der Waals surface area contributed by atoms with E-state index in [1.165, 1.54) is 7.11 Å². The topological polar surface area (TPSA) is 56.6 Å². The molecule has 2 aromatic carbocycles. The Bertz CT molecular complexity index is 1000. The number of ether oxygens (including phenoxy) is 2. The zero-order valence-electron chi connectivity index (χ0n) is 17.1. The van der Waals surface area contributed by atoms with Crippen LogP contribution in [0.15, 0.2) is 48.5 Å². The average molecular weight is 428 g/mol. The molecule has 1 aromatic heterocycles. The average Bonchev–Trinajstić information content (AvgIpc) is 3.37. The van der Waals surface area contributed by atoms with E-state index in [4.69, 9.17) is 21.1 Å². The molecule has 0 saturated carbocycles. The Kier molecular flexibility index (Phi) is 6.55. The van der Waals surface area contributed by atoms with Gasteiger partial charge in [0, 0.05) is 17.8 Å². The normalized spacial score (nSPS) is 16.8. The fraction of sp³-hybridized carbons (Fsp3) is 0.391. The Hall–Kier alpha value is -2.57. The summed E-state index contributed by atoms with van der Waals surface area (Å²) in [5, 5.41) is 6.12. The molecule has 1 atom stereocenters. The maximum absolute atomic E-state index is 11.3. The first-order valence-electron chi connectivity index (χ1n) is 10.3. The molecule has 0 amide bonds. The van der Waals surface area contributed by atoms with Crippen molar-refractivity contribution in [3.63, 3.8) is 0 Å². The summed E-state index contributed by atoms with van der Waals surface area (Å²) in [4.78, 5) is 13.7. The Morgan fingerprint density at radius 2 is 2.00 bits per heavy atom. The molecular weight excluding hydrogens is 402 g/mol. The molecule has 158 valence electrons. The van der Waals surface area contributed by atoms with Gasteiger partial charge in [0.25, 0.3) is 0 Å². The molecule has 0 spiro atoms. The van der Waals surface area contributed by atoms with E-state index < -0.39 is 0 Å². The number of fused-ring (bicyclic) bond motifs is 1. The lowest BCUT2D eigenvalue weighted by molar-refractivity contribution is -0.140. The number of hydrogen-bond donors (Lipinski definition) is 0. The number of benzene rings is 2. The quantitative estimate of drug-likeness (QED) is 0.496. The summed E-state index contributed by atoms with van der Waals surface area (Å²) in [6.07, 6.45) is 3.56. The van der Waals surface area contributed by atoms with Crippen molar-refractivity contribution in [3.05, 3.63) is 53.7 Å². The zero-order valence-corrected chi connectivity index (χ0v) is 17.8. The summed E-state index contributed by atoms with van der Waals surface area (Å²) >= 11 is 6.50. The van der Waals surface area contributed by atoms with Gasteiger partial charge >= 0.3 is 5.97 Å². The fourth-order valence-corrected chi connectivity index (χ4v) is 4.25. The van der Waals surface area contributed by atoms with Gasteiger partial charge in [-0.2, -0.15) is 5.10 Å². The molecule has 0 radical (unpaired) electrons. The largest absolute Gasteiger partial charge is 0.492 e. The van der Waals surface area contributed by atoms with Crippen molar-refractivity contribution in [3.8, 4) is 11.4 Å². The van der Waals surface area contributed by atoms with Gasteiger partial charge in [0.15, 0.2) is 0 Å². The van der Waals surface area contributed by atoms with E-state index >= 15 is 0 Å². The van der Waals surface area contributed by atoms with E-state index in [1.807, 2.05) is 48.5 Å². The number of carbonyl (C=O) groups is 1. The van der Waals surface area contributed by atoms with E-state index in [-0.39, 0.29) is 5.97 Å². The SMILES string of the molecule is COC(=O)CCCN1CCCC1COc1ccc(-n2nc3ccccc3c2Cl)cc1. The number of nitrogens with zero attached hydrogens (tertiary/aromatic N) is 3. The van der Waals surface area contributed by atoms with E-state index in [0.717, 1.165) is 54.7 Å². The van der Waals surface area contributed by atoms with Crippen LogP contribution in [0.25, 0.3) is 16.6 Å². The molecular formula is C23H26ClN3O3. The molecule has 30 heavy (non-hydrogen) atoms. The van der Waals surface area contributed by atoms with Gasteiger partial charge in [-0.3, -0.25) is 9.69 Å². The van der Waals surface area contributed by atoms with Crippen molar-refractivity contribution in [2.45, 2.75) is 31.7 Å². The molecule has 1 unspecified atom stereocenters. The van der Waals surface area contributed by atoms with Crippen LogP contribution in [0.3, 0.4) is 0 Å². The Morgan fingerprint density at radius 3 is 2.77 bits per heavy atom. The predicted octanol–water partition coefficient (Wildman–Crippen LogP) is 4.48. The predicted molar refractivity (Wildman–Crippen MR) is 117 cm³/mol. The van der Waals surface area contributed by atoms with Crippen molar-refractivity contribution in [1.29, 1.82) is 0 Å². The van der Waals surface area contributed by atoms with Crippen LogP contribution in [0.5, 0.6) is 5.75 Å². The van der Waals surface area contributed by atoms with Crippen LogP contribution in [0.1, 0.15) is 25.7 Å². The minimum absolute atomic E-state index is 0.146. The minimum atomic E-state index is -0.146. The van der Waals surface area contributed by atoms with Crippen LogP contribution in [0, 0.1) is 0 Å². The van der Waals surface area contributed by atoms with Gasteiger partial charge < -0.3 is 9.47 Å². The Morgan fingerprint density at radius 1 is 1.20 bits per heavy atom. The standard InChI is InChI=1S/C23H26ClN3O3/c1-29-22(28)9-5-15-26-14-4-6-18(26)16-30-19-12-10-17(11-13-19)27-23(24)20-7-2-3-8-21(20)25-27/h2-3,7-8,10-13,18H,4-6,9,14-16H2,1H3. The number of halogens is 1. The highest BCUT2D eigenvalue weighted by Crippen LogP contribution is 2.27. The summed E-state index contributed by atoms with van der Waals surface area (Å²) in [6, 6.07) is 16.1. The van der Waals surface area contributed by atoms with Crippen molar-refractivity contribution in [2.75, 3.05) is 26.8 Å². The lowest BCUT2D eigenvalue weighted by atomic mass is 10.2. The number of carbonyl (C=O) groups excluding carboxylic acids is 1. The third-order valence-corrected chi connectivity index (χ3v) is 5.96. The molecule has 0 N–H and O–H groups in total. The van der Waals surface area contributed by atoms with Gasteiger partial charge in [-0.25, -0.2) is 4.68 Å². The molecule has 6 nitrogen and oxygen atoms in total. The summed E-state index contributed by atoms with van der Waals surface area (Å²) < 4.78 is 12.5. The second-order valence-corrected chi connectivity index (χ2v) is 7.89. The van der Waals surface area contributed by atoms with Gasteiger partial charge in [0.2, 0.25) is 0 Å². The number of hydrogen-bond acceptors (Lipinski definition) is 5. The summed E-state index contributed by atoms with van der Waals surface area (Å²) in [5.74, 6) is 0.681. The molecule has 1 fully saturated rings. The van der Waals surface area contributed by atoms with Gasteiger partial charge in [-0.15, -0.1) is 0 Å². The van der Waals surface area contributed by atoms with Gasteiger partial charge in [0.1, 0.15) is 17.5 Å². The van der Waals surface area contributed by atoms with Crippen LogP contribution in [-0.2, 0) is 9.53 Å². The molecule has 4 rings (SSSR count). The molecule has 0 aliphatic carbocycles. The summed E-state index contributed by atoms with van der Waals surface area (Å²) in [7, 11) is 1.43. The lowest BCUT2D eigenvalue weighted by Gasteiger charge is -2.24. The first-order chi connectivity index (χ1) is 14.7. The van der Waals surface area contributed by atoms with Crippen LogP contribution < -0.4 is 4.74 Å². The highest BCUT2D eigenvalue weighted by atomic mass is 35.5. The zero-order chi connectivity index (χ0) is 20.9. The van der Waals surface area contributed by atoms with E-state index in [0.29, 0.717) is 24.2 Å². The van der Waals surface area contributed by atoms with Crippen LogP contribution in [0.2, 0.25) is 5.15 Å². The maximum Gasteiger partial charge on any atom is 0.305 e. The van der Waals surface area contributed by atoms with Crippen LogP contribution in [0.4, 0.5) is 0 Å². The van der Waals surface area contributed by atoms with Crippen molar-refractivity contribution >= 4 is 28.5 Å². The lowest BCUT2D eigenvalue weighted by Crippen LogP contribution is -2.35. The molecule has 3 aromatic rings. The highest BCUT2D eigenvalue weighted by Gasteiger charge is 2.24. The second kappa shape index (κ2) is 9.49. The van der Waals surface area contributed by atoms with Gasteiger partial charge in [0.05, 0.1) is 18.3 Å². The number of aromatic nitrogens is 2. The molecule has 0 bridgehead atoms. The van der Waals surface area contributed by atoms with E-state index in [1.54, 1.807) is 4.68 Å². The van der Waals surface area contributed by atoms with Crippen LogP contribution >= 0.6 is 11.6 Å². The van der Waals surface area contributed by atoms with E-state index in [9.17, 15) is 4.79 Å². The third kappa shape index (κ3) is 4.60.